The molecule has 0 aliphatic carbocycles. The quantitative estimate of drug-likeness (QED) is 0.613. The maximum absolute atomic E-state index is 11.7. The van der Waals surface area contributed by atoms with Crippen LogP contribution < -0.4 is 15.8 Å². The molecule has 0 aromatic heterocycles. The van der Waals surface area contributed by atoms with E-state index in [2.05, 4.69) is 21.2 Å². The van der Waals surface area contributed by atoms with E-state index in [-0.39, 0.29) is 0 Å². The third-order valence-corrected chi connectivity index (χ3v) is 3.20. The summed E-state index contributed by atoms with van der Waals surface area (Å²) >= 11 is 3.32. The van der Waals surface area contributed by atoms with E-state index in [1.807, 2.05) is 0 Å². The molecular weight excluding hydrogens is 288 g/mol. The van der Waals surface area contributed by atoms with E-state index >= 15 is 0 Å². The zero-order chi connectivity index (χ0) is 12.4. The summed E-state index contributed by atoms with van der Waals surface area (Å²) in [6, 6.07) is 1.62. The van der Waals surface area contributed by atoms with E-state index < -0.39 is 5.97 Å². The average molecular weight is 301 g/mol. The Morgan fingerprint density at radius 1 is 1.65 bits per heavy atom. The molecular formula is C11H13BrN2O3. The number of ether oxygens (including phenoxy) is 2. The summed E-state index contributed by atoms with van der Waals surface area (Å²) < 4.78 is 11.0. The van der Waals surface area contributed by atoms with Crippen LogP contribution in [0.5, 0.6) is 5.75 Å². The maximum atomic E-state index is 11.7. The highest BCUT2D eigenvalue weighted by Gasteiger charge is 2.23. The molecule has 0 atom stereocenters. The summed E-state index contributed by atoms with van der Waals surface area (Å²) in [5.74, 6) is 0.0284. The van der Waals surface area contributed by atoms with Gasteiger partial charge in [-0.1, -0.05) is 0 Å². The zero-order valence-corrected chi connectivity index (χ0v) is 11.0. The summed E-state index contributed by atoms with van der Waals surface area (Å²) in [6.45, 7) is 1.30. The summed E-state index contributed by atoms with van der Waals surface area (Å²) in [4.78, 5) is 11.7. The Hall–Kier alpha value is -1.43. The lowest BCUT2D eigenvalue weighted by atomic mass is 10.1. The van der Waals surface area contributed by atoms with E-state index in [1.54, 1.807) is 6.07 Å². The highest BCUT2D eigenvalue weighted by atomic mass is 79.9. The van der Waals surface area contributed by atoms with Crippen LogP contribution in [0, 0.1) is 0 Å². The van der Waals surface area contributed by atoms with Crippen LogP contribution in [0.15, 0.2) is 10.5 Å². The van der Waals surface area contributed by atoms with E-state index in [9.17, 15) is 4.79 Å². The lowest BCUT2D eigenvalue weighted by molar-refractivity contribution is 0.0596. The number of methoxy groups -OCH3 is 1. The number of nitrogens with one attached hydrogen (secondary N) is 1. The van der Waals surface area contributed by atoms with Crippen molar-refractivity contribution in [2.75, 3.05) is 31.3 Å². The van der Waals surface area contributed by atoms with E-state index in [0.717, 1.165) is 13.0 Å². The SMILES string of the molecule is COC(=O)c1cc(Br)c(N)c2c1OCCCN2. The molecule has 0 radical (unpaired) electrons. The molecule has 1 aliphatic heterocycles. The van der Waals surface area contributed by atoms with Gasteiger partial charge in [-0.2, -0.15) is 0 Å². The predicted molar refractivity (Wildman–Crippen MR) is 68.5 cm³/mol. The molecule has 3 N–H and O–H groups in total. The fourth-order valence-corrected chi connectivity index (χ4v) is 2.12. The minimum atomic E-state index is -0.439. The number of esters is 1. The molecule has 6 heteroatoms. The van der Waals surface area contributed by atoms with Gasteiger partial charge in [0, 0.05) is 11.0 Å². The van der Waals surface area contributed by atoms with Crippen LogP contribution >= 0.6 is 15.9 Å². The van der Waals surface area contributed by atoms with Crippen molar-refractivity contribution in [1.82, 2.24) is 0 Å². The standard InChI is InChI=1S/C11H13BrN2O3/c1-16-11(15)6-5-7(12)8(13)9-10(6)17-4-2-3-14-9/h5,14H,2-4,13H2,1H3. The van der Waals surface area contributed by atoms with E-state index in [1.165, 1.54) is 7.11 Å². The first-order chi connectivity index (χ1) is 8.15. The van der Waals surface area contributed by atoms with Gasteiger partial charge in [0.05, 0.1) is 19.4 Å². The summed E-state index contributed by atoms with van der Waals surface area (Å²) in [7, 11) is 1.34. The predicted octanol–water partition coefficient (Wildman–Crippen LogP) is 2.01. The molecule has 0 bridgehead atoms. The van der Waals surface area contributed by atoms with Crippen LogP contribution in [0.1, 0.15) is 16.8 Å². The molecule has 5 nitrogen and oxygen atoms in total. The number of carbonyl (C=O) groups excluding carboxylic acids is 1. The highest BCUT2D eigenvalue weighted by Crippen LogP contribution is 2.41. The van der Waals surface area contributed by atoms with Crippen molar-refractivity contribution in [3.8, 4) is 5.75 Å². The molecule has 1 aliphatic rings. The first kappa shape index (κ1) is 12.0. The minimum Gasteiger partial charge on any atom is -0.490 e. The number of carbonyl (C=O) groups is 1. The molecule has 1 aromatic carbocycles. The Kier molecular flexibility index (Phi) is 3.42. The fraction of sp³-hybridized carbons (Fsp3) is 0.364. The van der Waals surface area contributed by atoms with Gasteiger partial charge in [-0.3, -0.25) is 0 Å². The Bertz CT molecular complexity index is 463. The van der Waals surface area contributed by atoms with Crippen molar-refractivity contribution in [1.29, 1.82) is 0 Å². The Morgan fingerprint density at radius 2 is 2.41 bits per heavy atom. The van der Waals surface area contributed by atoms with Crippen LogP contribution in [0.25, 0.3) is 0 Å². The zero-order valence-electron chi connectivity index (χ0n) is 9.38. The Morgan fingerprint density at radius 3 is 3.12 bits per heavy atom. The van der Waals surface area contributed by atoms with Gasteiger partial charge in [-0.25, -0.2) is 4.79 Å². The van der Waals surface area contributed by atoms with Crippen molar-refractivity contribution in [3.63, 3.8) is 0 Å². The number of fused-ring (bicyclic) bond motifs is 1. The van der Waals surface area contributed by atoms with Crippen molar-refractivity contribution >= 4 is 33.3 Å². The van der Waals surface area contributed by atoms with Crippen LogP contribution in [0.4, 0.5) is 11.4 Å². The molecule has 1 heterocycles. The first-order valence-corrected chi connectivity index (χ1v) is 6.01. The number of nitrogens with two attached hydrogens (primary N) is 1. The second-order valence-corrected chi connectivity index (χ2v) is 4.50. The van der Waals surface area contributed by atoms with Crippen LogP contribution in [0.2, 0.25) is 0 Å². The van der Waals surface area contributed by atoms with Crippen molar-refractivity contribution in [2.45, 2.75) is 6.42 Å². The number of benzene rings is 1. The van der Waals surface area contributed by atoms with E-state index in [0.29, 0.717) is 33.8 Å². The first-order valence-electron chi connectivity index (χ1n) is 5.22. The maximum Gasteiger partial charge on any atom is 0.341 e. The average Bonchev–Trinajstić information content (AvgIpc) is 2.58. The van der Waals surface area contributed by atoms with Crippen LogP contribution in [-0.2, 0) is 4.74 Å². The second kappa shape index (κ2) is 4.83. The van der Waals surface area contributed by atoms with Crippen molar-refractivity contribution in [3.05, 3.63) is 16.1 Å². The Labute approximate surface area is 107 Å². The summed E-state index contributed by atoms with van der Waals surface area (Å²) in [5.41, 5.74) is 7.50. The topological polar surface area (TPSA) is 73.6 Å². The van der Waals surface area contributed by atoms with Gasteiger partial charge in [0.2, 0.25) is 0 Å². The van der Waals surface area contributed by atoms with Gasteiger partial charge in [0.1, 0.15) is 11.3 Å². The molecule has 17 heavy (non-hydrogen) atoms. The minimum absolute atomic E-state index is 0.373. The summed E-state index contributed by atoms with van der Waals surface area (Å²) in [6.07, 6.45) is 0.854. The summed E-state index contributed by atoms with van der Waals surface area (Å²) in [5, 5.41) is 3.17. The molecule has 92 valence electrons. The number of rotatable bonds is 1. The lowest BCUT2D eigenvalue weighted by Crippen LogP contribution is -2.08. The number of halogens is 1. The Balaban J connectivity index is 2.60. The number of hydrogen-bond donors (Lipinski definition) is 2. The molecule has 0 fully saturated rings. The molecule has 2 rings (SSSR count). The highest BCUT2D eigenvalue weighted by molar-refractivity contribution is 9.10. The van der Waals surface area contributed by atoms with Crippen LogP contribution in [-0.4, -0.2) is 26.2 Å². The van der Waals surface area contributed by atoms with Gasteiger partial charge >= 0.3 is 5.97 Å². The lowest BCUT2D eigenvalue weighted by Gasteiger charge is -2.15. The third kappa shape index (κ3) is 2.17. The smallest absolute Gasteiger partial charge is 0.341 e. The number of hydrogen-bond acceptors (Lipinski definition) is 5. The van der Waals surface area contributed by atoms with Gasteiger partial charge in [-0.05, 0) is 28.4 Å². The molecule has 0 amide bonds. The normalized spacial score (nSPS) is 14.0. The fourth-order valence-electron chi connectivity index (χ4n) is 1.69. The molecule has 0 saturated heterocycles. The van der Waals surface area contributed by atoms with Gasteiger partial charge in [0.15, 0.2) is 5.75 Å². The van der Waals surface area contributed by atoms with Gasteiger partial charge in [0.25, 0.3) is 0 Å². The largest absolute Gasteiger partial charge is 0.490 e. The van der Waals surface area contributed by atoms with Gasteiger partial charge < -0.3 is 20.5 Å². The number of anilines is 2. The molecule has 0 saturated carbocycles. The van der Waals surface area contributed by atoms with Crippen LogP contribution in [0.3, 0.4) is 0 Å². The molecule has 0 spiro atoms. The van der Waals surface area contributed by atoms with Crippen molar-refractivity contribution in [2.24, 2.45) is 0 Å². The van der Waals surface area contributed by atoms with Crippen molar-refractivity contribution < 1.29 is 14.3 Å². The third-order valence-electron chi connectivity index (χ3n) is 2.54. The van der Waals surface area contributed by atoms with Gasteiger partial charge in [-0.15, -0.1) is 0 Å². The van der Waals surface area contributed by atoms with E-state index in [4.69, 9.17) is 15.2 Å². The second-order valence-electron chi connectivity index (χ2n) is 3.64. The molecule has 1 aromatic rings. The monoisotopic (exact) mass is 300 g/mol. The number of nitrogen functional groups attached to an aromatic ring is 1. The molecule has 0 unspecified atom stereocenters.